The van der Waals surface area contributed by atoms with Crippen molar-refractivity contribution < 1.29 is 5.11 Å². The highest BCUT2D eigenvalue weighted by Crippen LogP contribution is 2.54. The molecule has 0 aromatic heterocycles. The molecule has 0 amide bonds. The van der Waals surface area contributed by atoms with Crippen LogP contribution in [0.15, 0.2) is 0 Å². The first kappa shape index (κ1) is 7.60. The summed E-state index contributed by atoms with van der Waals surface area (Å²) in [5.41, 5.74) is 0. The Bertz CT molecular complexity index is 155. The minimum absolute atomic E-state index is 0.0358. The van der Waals surface area contributed by atoms with Crippen LogP contribution in [-0.4, -0.2) is 11.2 Å². The van der Waals surface area contributed by atoms with Gasteiger partial charge in [0.25, 0.3) is 0 Å². The number of aliphatic hydroxyl groups is 1. The molecular weight excluding hydrogens is 136 g/mol. The van der Waals surface area contributed by atoms with E-state index in [0.717, 1.165) is 24.2 Å². The zero-order chi connectivity index (χ0) is 8.01. The molecule has 1 N–H and O–H groups in total. The van der Waals surface area contributed by atoms with Crippen LogP contribution in [-0.2, 0) is 0 Å². The quantitative estimate of drug-likeness (QED) is 0.613. The van der Waals surface area contributed by atoms with Crippen molar-refractivity contribution in [3.63, 3.8) is 0 Å². The molecule has 4 unspecified atom stereocenters. The van der Waals surface area contributed by atoms with Crippen molar-refractivity contribution in [1.82, 2.24) is 0 Å². The van der Waals surface area contributed by atoms with Crippen molar-refractivity contribution in [1.29, 1.82) is 0 Å². The summed E-state index contributed by atoms with van der Waals surface area (Å²) >= 11 is 0. The minimum atomic E-state index is 0.0358. The van der Waals surface area contributed by atoms with E-state index in [1.807, 2.05) is 0 Å². The molecule has 0 aliphatic heterocycles. The van der Waals surface area contributed by atoms with Crippen molar-refractivity contribution in [3.05, 3.63) is 0 Å². The molecule has 1 heteroatoms. The number of hydrogen-bond acceptors (Lipinski definition) is 1. The van der Waals surface area contributed by atoms with Crippen LogP contribution in [0.2, 0.25) is 0 Å². The number of aliphatic hydroxyl groups excluding tert-OH is 1. The van der Waals surface area contributed by atoms with Crippen molar-refractivity contribution in [2.45, 2.75) is 39.2 Å². The lowest BCUT2D eigenvalue weighted by atomic mass is 9.64. The summed E-state index contributed by atoms with van der Waals surface area (Å²) in [5, 5.41) is 9.69. The topological polar surface area (TPSA) is 20.2 Å². The van der Waals surface area contributed by atoms with E-state index in [0.29, 0.717) is 5.92 Å². The van der Waals surface area contributed by atoms with Crippen molar-refractivity contribution in [2.24, 2.45) is 23.7 Å². The highest BCUT2D eigenvalue weighted by Gasteiger charge is 2.51. The summed E-state index contributed by atoms with van der Waals surface area (Å²) in [4.78, 5) is 0. The monoisotopic (exact) mass is 154 g/mol. The number of hydrogen-bond donors (Lipinski definition) is 1. The van der Waals surface area contributed by atoms with Crippen molar-refractivity contribution in [2.75, 3.05) is 0 Å². The molecule has 0 bridgehead atoms. The van der Waals surface area contributed by atoms with Gasteiger partial charge in [-0.1, -0.05) is 20.3 Å². The maximum absolute atomic E-state index is 9.69. The Hall–Kier alpha value is -0.0400. The molecule has 0 heterocycles. The fourth-order valence-electron chi connectivity index (χ4n) is 3.25. The number of rotatable bonds is 1. The molecule has 2 aliphatic rings. The van der Waals surface area contributed by atoms with Gasteiger partial charge in [-0.15, -0.1) is 0 Å². The molecule has 5 atom stereocenters. The summed E-state index contributed by atoms with van der Waals surface area (Å²) in [6.07, 6.45) is 3.76. The summed E-state index contributed by atoms with van der Waals surface area (Å²) in [6.45, 7) is 4.53. The highest BCUT2D eigenvalue weighted by atomic mass is 16.3. The van der Waals surface area contributed by atoms with Gasteiger partial charge >= 0.3 is 0 Å². The average molecular weight is 154 g/mol. The molecule has 2 fully saturated rings. The zero-order valence-corrected chi connectivity index (χ0v) is 7.46. The molecule has 1 nitrogen and oxygen atoms in total. The molecule has 0 aromatic carbocycles. The van der Waals surface area contributed by atoms with E-state index >= 15 is 0 Å². The van der Waals surface area contributed by atoms with Gasteiger partial charge < -0.3 is 5.11 Å². The van der Waals surface area contributed by atoms with Gasteiger partial charge in [0.15, 0.2) is 0 Å². The molecule has 0 aromatic rings. The van der Waals surface area contributed by atoms with E-state index < -0.39 is 0 Å². The smallest absolute Gasteiger partial charge is 0.0576 e. The van der Waals surface area contributed by atoms with Crippen LogP contribution in [0.3, 0.4) is 0 Å². The summed E-state index contributed by atoms with van der Waals surface area (Å²) in [5.74, 6) is 3.18. The summed E-state index contributed by atoms with van der Waals surface area (Å²) in [7, 11) is 0. The van der Waals surface area contributed by atoms with Crippen LogP contribution in [0.5, 0.6) is 0 Å². The third kappa shape index (κ3) is 0.936. The van der Waals surface area contributed by atoms with E-state index in [9.17, 15) is 5.11 Å². The molecule has 2 aliphatic carbocycles. The predicted octanol–water partition coefficient (Wildman–Crippen LogP) is 2.05. The predicted molar refractivity (Wildman–Crippen MR) is 45.2 cm³/mol. The lowest BCUT2D eigenvalue weighted by molar-refractivity contribution is 0.00913. The third-order valence-electron chi connectivity index (χ3n) is 3.91. The van der Waals surface area contributed by atoms with Gasteiger partial charge in [0.1, 0.15) is 0 Å². The average Bonchev–Trinajstić information content (AvgIpc) is 2.20. The van der Waals surface area contributed by atoms with Gasteiger partial charge in [-0.05, 0) is 36.5 Å². The van der Waals surface area contributed by atoms with Gasteiger partial charge in [0.2, 0.25) is 0 Å². The van der Waals surface area contributed by atoms with Gasteiger partial charge in [-0.2, -0.15) is 0 Å². The Morgan fingerprint density at radius 1 is 1.36 bits per heavy atom. The number of fused-ring (bicyclic) bond motifs is 1. The second kappa shape index (κ2) is 2.48. The standard InChI is InChI=1S/C10H18O/c1-3-7-5-9(11)10-6(2)4-8(7)10/h6-11H,3-5H2,1-2H3/t6-,7?,8?,9?,10?/m1/s1. The van der Waals surface area contributed by atoms with E-state index in [2.05, 4.69) is 13.8 Å². The van der Waals surface area contributed by atoms with E-state index in [1.54, 1.807) is 0 Å². The molecule has 2 saturated carbocycles. The first-order valence-corrected chi connectivity index (χ1v) is 4.92. The largest absolute Gasteiger partial charge is 0.393 e. The van der Waals surface area contributed by atoms with Crippen LogP contribution < -0.4 is 0 Å². The van der Waals surface area contributed by atoms with Gasteiger partial charge in [0.05, 0.1) is 6.10 Å². The van der Waals surface area contributed by atoms with Crippen molar-refractivity contribution >= 4 is 0 Å². The van der Waals surface area contributed by atoms with E-state index in [4.69, 9.17) is 0 Å². The molecule has 2 rings (SSSR count). The van der Waals surface area contributed by atoms with Gasteiger partial charge in [-0.3, -0.25) is 0 Å². The third-order valence-corrected chi connectivity index (χ3v) is 3.91. The fraction of sp³-hybridized carbons (Fsp3) is 1.00. The highest BCUT2D eigenvalue weighted by molar-refractivity contribution is 5.00. The summed E-state index contributed by atoms with van der Waals surface area (Å²) < 4.78 is 0. The Labute approximate surface area is 68.8 Å². The Morgan fingerprint density at radius 2 is 2.09 bits per heavy atom. The van der Waals surface area contributed by atoms with Crippen LogP contribution in [0.25, 0.3) is 0 Å². The SMILES string of the molecule is CCC1CC(O)C2C1C[C@H]2C. The van der Waals surface area contributed by atoms with Crippen LogP contribution in [0.1, 0.15) is 33.1 Å². The Kier molecular flexibility index (Phi) is 1.71. The first-order valence-electron chi connectivity index (χ1n) is 4.92. The molecule has 11 heavy (non-hydrogen) atoms. The first-order chi connectivity index (χ1) is 5.24. The van der Waals surface area contributed by atoms with Crippen LogP contribution in [0.4, 0.5) is 0 Å². The van der Waals surface area contributed by atoms with Crippen LogP contribution >= 0.6 is 0 Å². The maximum atomic E-state index is 9.69. The lowest BCUT2D eigenvalue weighted by Crippen LogP contribution is -2.38. The maximum Gasteiger partial charge on any atom is 0.0576 e. The zero-order valence-electron chi connectivity index (χ0n) is 7.46. The van der Waals surface area contributed by atoms with E-state index in [-0.39, 0.29) is 6.10 Å². The molecule has 0 radical (unpaired) electrons. The normalized spacial score (nSPS) is 55.4. The van der Waals surface area contributed by atoms with Crippen LogP contribution in [0, 0.1) is 23.7 Å². The van der Waals surface area contributed by atoms with E-state index in [1.165, 1.54) is 12.8 Å². The minimum Gasteiger partial charge on any atom is -0.393 e. The van der Waals surface area contributed by atoms with Gasteiger partial charge in [0, 0.05) is 0 Å². The fourth-order valence-corrected chi connectivity index (χ4v) is 3.25. The molecular formula is C10H18O. The molecule has 0 saturated heterocycles. The summed E-state index contributed by atoms with van der Waals surface area (Å²) in [6, 6.07) is 0. The Morgan fingerprint density at radius 3 is 2.55 bits per heavy atom. The molecule has 0 spiro atoms. The van der Waals surface area contributed by atoms with Crippen molar-refractivity contribution in [3.8, 4) is 0 Å². The second-order valence-electron chi connectivity index (χ2n) is 4.43. The molecule has 64 valence electrons. The second-order valence-corrected chi connectivity index (χ2v) is 4.43. The van der Waals surface area contributed by atoms with Gasteiger partial charge in [-0.25, -0.2) is 0 Å². The Balaban J connectivity index is 2.04. The lowest BCUT2D eigenvalue weighted by Gasteiger charge is -2.41.